The third-order valence-electron chi connectivity index (χ3n) is 10.1. The molecule has 0 saturated carbocycles. The maximum absolute atomic E-state index is 5.91. The van der Waals surface area contributed by atoms with E-state index in [-0.39, 0.29) is 0 Å². The minimum absolute atomic E-state index is 0.726. The van der Waals surface area contributed by atoms with Gasteiger partial charge in [-0.1, -0.05) is 121 Å². The van der Waals surface area contributed by atoms with Crippen LogP contribution >= 0.6 is 0 Å². The zero-order valence-electron chi connectivity index (χ0n) is 25.5. The van der Waals surface area contributed by atoms with E-state index in [1.807, 2.05) is 0 Å². The Hall–Kier alpha value is -5.86. The number of ether oxygens (including phenoxy) is 2. The molecule has 0 heterocycles. The summed E-state index contributed by atoms with van der Waals surface area (Å²) in [5, 5.41) is 12.8. The number of benzene rings is 9. The van der Waals surface area contributed by atoms with Crippen molar-refractivity contribution in [3.8, 4) is 56.0 Å². The van der Waals surface area contributed by atoms with E-state index in [0.717, 1.165) is 22.3 Å². The molecule has 0 N–H and O–H groups in total. The van der Waals surface area contributed by atoms with Crippen molar-refractivity contribution in [2.75, 3.05) is 14.2 Å². The molecule has 46 heavy (non-hydrogen) atoms. The predicted octanol–water partition coefficient (Wildman–Crippen LogP) is 11.9. The number of hydrogen-bond donors (Lipinski definition) is 0. The molecule has 0 atom stereocenters. The van der Waals surface area contributed by atoms with E-state index in [1.54, 1.807) is 14.2 Å². The summed E-state index contributed by atoms with van der Waals surface area (Å²) in [5.41, 5.74) is 9.93. The van der Waals surface area contributed by atoms with Crippen LogP contribution in [0.2, 0.25) is 0 Å². The van der Waals surface area contributed by atoms with Crippen LogP contribution in [-0.4, -0.2) is 14.2 Å². The van der Waals surface area contributed by atoms with Gasteiger partial charge in [-0.3, -0.25) is 0 Å². The van der Waals surface area contributed by atoms with Crippen LogP contribution in [0.3, 0.4) is 0 Å². The van der Waals surface area contributed by atoms with Gasteiger partial charge < -0.3 is 9.47 Å². The van der Waals surface area contributed by atoms with Crippen LogP contribution < -0.4 is 9.47 Å². The predicted molar refractivity (Wildman–Crippen MR) is 194 cm³/mol. The molecule has 0 spiro atoms. The van der Waals surface area contributed by atoms with Gasteiger partial charge in [-0.05, 0) is 111 Å². The zero-order chi connectivity index (χ0) is 30.5. The van der Waals surface area contributed by atoms with Gasteiger partial charge in [-0.15, -0.1) is 0 Å². The Morgan fingerprint density at radius 3 is 1.26 bits per heavy atom. The molecule has 0 aromatic heterocycles. The fourth-order valence-corrected chi connectivity index (χ4v) is 8.31. The van der Waals surface area contributed by atoms with Gasteiger partial charge in [0.25, 0.3) is 0 Å². The van der Waals surface area contributed by atoms with Crippen molar-refractivity contribution in [1.82, 2.24) is 0 Å². The van der Waals surface area contributed by atoms with Crippen LogP contribution in [0.15, 0.2) is 133 Å². The molecule has 0 aliphatic heterocycles. The molecular weight excluding hydrogens is 560 g/mol. The normalized spacial score (nSPS) is 12.1. The molecular formula is C44H28O2. The van der Waals surface area contributed by atoms with Crippen LogP contribution in [-0.2, 0) is 0 Å². The third kappa shape index (κ3) is 3.20. The first-order valence-electron chi connectivity index (χ1n) is 15.8. The first-order valence-corrected chi connectivity index (χ1v) is 15.8. The standard InChI is InChI=1S/C44H28O2/c1-45-36-23-34-35(24-37(36)46-2)40(27-13-7-4-8-14-27)44-33-22-20-31-29-18-10-16-25-15-9-17-28(38(25)29)30-19-21-32(42(33)41(30)31)43(44)39(34)26-11-5-3-6-12-26/h3-24H,1-2H3. The minimum Gasteiger partial charge on any atom is -0.493 e. The highest BCUT2D eigenvalue weighted by Gasteiger charge is 2.32. The van der Waals surface area contributed by atoms with Crippen LogP contribution in [0.25, 0.3) is 98.4 Å². The summed E-state index contributed by atoms with van der Waals surface area (Å²) in [6, 6.07) is 48.9. The van der Waals surface area contributed by atoms with E-state index >= 15 is 0 Å². The second-order valence-corrected chi connectivity index (χ2v) is 12.3. The molecule has 9 aromatic rings. The van der Waals surface area contributed by atoms with Crippen molar-refractivity contribution >= 4 is 53.9 Å². The maximum Gasteiger partial charge on any atom is 0.161 e. The number of rotatable bonds is 4. The fourth-order valence-electron chi connectivity index (χ4n) is 8.31. The van der Waals surface area contributed by atoms with Gasteiger partial charge in [0.1, 0.15) is 0 Å². The van der Waals surface area contributed by atoms with Crippen LogP contribution in [0.1, 0.15) is 0 Å². The van der Waals surface area contributed by atoms with Crippen molar-refractivity contribution in [2.24, 2.45) is 0 Å². The molecule has 216 valence electrons. The first kappa shape index (κ1) is 25.5. The fraction of sp³-hybridized carbons (Fsp3) is 0.0455. The third-order valence-corrected chi connectivity index (χ3v) is 10.1. The molecule has 1 aliphatic rings. The summed E-state index contributed by atoms with van der Waals surface area (Å²) in [7, 11) is 3.43. The Balaban J connectivity index is 1.47. The van der Waals surface area contributed by atoms with Crippen molar-refractivity contribution < 1.29 is 9.47 Å². The van der Waals surface area contributed by atoms with E-state index in [9.17, 15) is 0 Å². The van der Waals surface area contributed by atoms with E-state index in [4.69, 9.17) is 9.47 Å². The summed E-state index contributed by atoms with van der Waals surface area (Å²) in [5.74, 6) is 1.45. The second-order valence-electron chi connectivity index (χ2n) is 12.3. The SMILES string of the molecule is COc1cc2c(-c3ccccc3)c3c(c(-c4ccccc4)c2cc1OC)-c1ccc2c4cccc5cccc(c6ccc-3c1c62)c54. The zero-order valence-corrected chi connectivity index (χ0v) is 25.5. The number of hydrogen-bond acceptors (Lipinski definition) is 2. The molecule has 2 heteroatoms. The molecule has 0 fully saturated rings. The maximum atomic E-state index is 5.91. The Kier molecular flexibility index (Phi) is 5.16. The largest absolute Gasteiger partial charge is 0.493 e. The smallest absolute Gasteiger partial charge is 0.161 e. The highest BCUT2D eigenvalue weighted by atomic mass is 16.5. The average Bonchev–Trinajstić information content (AvgIpc) is 3.45. The summed E-state index contributed by atoms with van der Waals surface area (Å²) in [6.07, 6.45) is 0. The summed E-state index contributed by atoms with van der Waals surface area (Å²) < 4.78 is 11.8. The lowest BCUT2D eigenvalue weighted by molar-refractivity contribution is 0.356. The molecule has 1 aliphatic carbocycles. The summed E-state index contributed by atoms with van der Waals surface area (Å²) in [4.78, 5) is 0. The van der Waals surface area contributed by atoms with Crippen LogP contribution in [0, 0.1) is 0 Å². The lowest BCUT2D eigenvalue weighted by Gasteiger charge is -2.22. The van der Waals surface area contributed by atoms with Crippen molar-refractivity contribution in [2.45, 2.75) is 0 Å². The quantitative estimate of drug-likeness (QED) is 0.150. The van der Waals surface area contributed by atoms with Crippen molar-refractivity contribution in [3.63, 3.8) is 0 Å². The highest BCUT2D eigenvalue weighted by molar-refractivity contribution is 6.39. The van der Waals surface area contributed by atoms with E-state index < -0.39 is 0 Å². The van der Waals surface area contributed by atoms with Gasteiger partial charge in [0.15, 0.2) is 11.5 Å². The molecule has 9 aromatic carbocycles. The van der Waals surface area contributed by atoms with Gasteiger partial charge >= 0.3 is 0 Å². The van der Waals surface area contributed by atoms with Crippen molar-refractivity contribution in [3.05, 3.63) is 133 Å². The molecule has 10 rings (SSSR count). The van der Waals surface area contributed by atoms with Crippen molar-refractivity contribution in [1.29, 1.82) is 0 Å². The van der Waals surface area contributed by atoms with Gasteiger partial charge in [-0.2, -0.15) is 0 Å². The molecule has 0 radical (unpaired) electrons. The molecule has 0 saturated heterocycles. The topological polar surface area (TPSA) is 18.5 Å². The molecule has 0 amide bonds. The number of methoxy groups -OCH3 is 2. The van der Waals surface area contributed by atoms with Crippen LogP contribution in [0.5, 0.6) is 11.5 Å². The second kappa shape index (κ2) is 9.32. The van der Waals surface area contributed by atoms with E-state index in [2.05, 4.69) is 133 Å². The minimum atomic E-state index is 0.726. The highest BCUT2D eigenvalue weighted by Crippen LogP contribution is 2.60. The average molecular weight is 589 g/mol. The number of fused-ring (bicyclic) bond motifs is 6. The van der Waals surface area contributed by atoms with Crippen LogP contribution in [0.4, 0.5) is 0 Å². The molecule has 0 unspecified atom stereocenters. The summed E-state index contributed by atoms with van der Waals surface area (Å²) >= 11 is 0. The Labute approximate surface area is 266 Å². The summed E-state index contributed by atoms with van der Waals surface area (Å²) in [6.45, 7) is 0. The Bertz CT molecular complexity index is 2510. The van der Waals surface area contributed by atoms with Gasteiger partial charge in [0.2, 0.25) is 0 Å². The van der Waals surface area contributed by atoms with Gasteiger partial charge in [0.05, 0.1) is 14.2 Å². The lowest BCUT2D eigenvalue weighted by Crippen LogP contribution is -1.96. The molecule has 0 bridgehead atoms. The van der Waals surface area contributed by atoms with Gasteiger partial charge in [0, 0.05) is 0 Å². The Morgan fingerprint density at radius 2 is 0.804 bits per heavy atom. The van der Waals surface area contributed by atoms with E-state index in [0.29, 0.717) is 0 Å². The van der Waals surface area contributed by atoms with E-state index in [1.165, 1.54) is 87.6 Å². The Morgan fingerprint density at radius 1 is 0.348 bits per heavy atom. The first-order chi connectivity index (χ1) is 22.8. The monoisotopic (exact) mass is 588 g/mol. The molecule has 2 nitrogen and oxygen atoms in total. The lowest BCUT2D eigenvalue weighted by atomic mass is 9.82. The van der Waals surface area contributed by atoms with Gasteiger partial charge in [-0.25, -0.2) is 0 Å².